The van der Waals surface area contributed by atoms with Crippen LogP contribution in [0, 0.1) is 0 Å². The molecule has 3 aliphatic rings. The summed E-state index contributed by atoms with van der Waals surface area (Å²) in [6, 6.07) is 1.61. The highest BCUT2D eigenvalue weighted by molar-refractivity contribution is 7.46. The van der Waals surface area contributed by atoms with Crippen LogP contribution in [0.25, 0.3) is 0 Å². The fourth-order valence-electron chi connectivity index (χ4n) is 3.59. The number of carboxylic acid groups (broad SMARTS) is 1. The van der Waals surface area contributed by atoms with Crippen molar-refractivity contribution < 1.29 is 39.7 Å². The molecule has 0 heterocycles. The Kier molecular flexibility index (Phi) is 23.8. The van der Waals surface area contributed by atoms with Crippen molar-refractivity contribution in [1.29, 1.82) is 0 Å². The van der Waals surface area contributed by atoms with Gasteiger partial charge >= 0.3 is 13.8 Å². The van der Waals surface area contributed by atoms with Gasteiger partial charge in [-0.3, -0.25) is 9.79 Å². The first-order chi connectivity index (χ1) is 14.5. The Morgan fingerprint density at radius 1 is 0.697 bits per heavy atom. The lowest BCUT2D eigenvalue weighted by Gasteiger charge is -2.15. The van der Waals surface area contributed by atoms with E-state index >= 15 is 0 Å². The number of carbonyl (C=O) groups is 1. The second-order valence-electron chi connectivity index (χ2n) is 8.50. The average Bonchev–Trinajstić information content (AvgIpc) is 2.70. The molecule has 0 aromatic heterocycles. The van der Waals surface area contributed by atoms with Crippen LogP contribution in [0.3, 0.4) is 0 Å². The number of hydrogen-bond acceptors (Lipinski definition) is 6. The van der Waals surface area contributed by atoms with E-state index in [4.69, 9.17) is 32.1 Å². The first kappa shape index (κ1) is 36.5. The van der Waals surface area contributed by atoms with E-state index in [0.717, 1.165) is 0 Å². The van der Waals surface area contributed by atoms with Crippen molar-refractivity contribution >= 4 is 13.8 Å². The molecule has 0 bridgehead atoms. The molecular formula is C21H48N3O8P. The molecule has 0 saturated heterocycles. The molecule has 200 valence electrons. The van der Waals surface area contributed by atoms with Gasteiger partial charge in [0.25, 0.3) is 0 Å². The number of phosphoric ester groups is 1. The van der Waals surface area contributed by atoms with Crippen LogP contribution in [0.1, 0.15) is 96.3 Å². The smallest absolute Gasteiger partial charge is 0.475 e. The first-order valence-electron chi connectivity index (χ1n) is 11.5. The molecule has 0 unspecified atom stereocenters. The van der Waals surface area contributed by atoms with Gasteiger partial charge in [0.05, 0.1) is 0 Å². The standard InChI is InChI=1S/3C6H13N.C3H5O6P.2H2O/c3*7-6-4-2-1-3-5-6;1-2(3(4)5)9-10(6,7)8;;/h3*6H,1-5,7H2;1H2,(H,4,5)(H2,6,7,8);2*1H2. The van der Waals surface area contributed by atoms with Gasteiger partial charge in [-0.25, -0.2) is 9.36 Å². The Bertz CT molecular complexity index is 492. The highest BCUT2D eigenvalue weighted by Crippen LogP contribution is 2.38. The number of hydrogen-bond donors (Lipinski definition) is 6. The Morgan fingerprint density at radius 3 is 1.03 bits per heavy atom. The highest BCUT2D eigenvalue weighted by Gasteiger charge is 2.20. The summed E-state index contributed by atoms with van der Waals surface area (Å²) in [5, 5.41) is 7.98. The maximum absolute atomic E-state index is 9.89. The molecule has 33 heavy (non-hydrogen) atoms. The number of carboxylic acids is 1. The lowest BCUT2D eigenvalue weighted by Crippen LogP contribution is -2.22. The third-order valence-electron chi connectivity index (χ3n) is 5.42. The largest absolute Gasteiger partial charge is 0.525 e. The second-order valence-corrected chi connectivity index (χ2v) is 9.67. The van der Waals surface area contributed by atoms with Crippen LogP contribution < -0.4 is 17.2 Å². The van der Waals surface area contributed by atoms with Gasteiger partial charge in [-0.15, -0.1) is 0 Å². The SMILES string of the molecule is C=C(OP(=O)(O)O)C(=O)O.NC1CCCCC1.NC1CCCCC1.NC1CCCCC1.O.O. The van der Waals surface area contributed by atoms with E-state index < -0.39 is 19.6 Å². The zero-order valence-corrected chi connectivity index (χ0v) is 20.7. The van der Waals surface area contributed by atoms with Crippen LogP contribution in [0.5, 0.6) is 0 Å². The summed E-state index contributed by atoms with van der Waals surface area (Å²) in [5.74, 6) is -2.59. The number of phosphoric acid groups is 1. The lowest BCUT2D eigenvalue weighted by atomic mass is 9.97. The predicted molar refractivity (Wildman–Crippen MR) is 130 cm³/mol. The third-order valence-corrected chi connectivity index (χ3v) is 5.88. The molecule has 0 atom stereocenters. The van der Waals surface area contributed by atoms with E-state index in [9.17, 15) is 9.36 Å². The van der Waals surface area contributed by atoms with Crippen molar-refractivity contribution in [3.63, 3.8) is 0 Å². The fraction of sp³-hybridized carbons (Fsp3) is 0.857. The fourth-order valence-corrected chi connectivity index (χ4v) is 3.95. The van der Waals surface area contributed by atoms with Gasteiger partial charge in [-0.1, -0.05) is 57.8 Å². The van der Waals surface area contributed by atoms with E-state index in [1.807, 2.05) is 0 Å². The number of nitrogens with two attached hydrogens (primary N) is 3. The topological polar surface area (TPSA) is 245 Å². The summed E-state index contributed by atoms with van der Waals surface area (Å²) in [7, 11) is -4.76. The number of rotatable bonds is 3. The molecule has 0 radical (unpaired) electrons. The Balaban J connectivity index is -0.000000360. The van der Waals surface area contributed by atoms with Gasteiger partial charge < -0.3 is 37.8 Å². The molecule has 0 aromatic carbocycles. The van der Waals surface area contributed by atoms with Crippen LogP contribution >= 0.6 is 7.82 Å². The maximum Gasteiger partial charge on any atom is 0.525 e. The molecule has 12 heteroatoms. The van der Waals surface area contributed by atoms with Gasteiger partial charge in [0.2, 0.25) is 5.76 Å². The third kappa shape index (κ3) is 25.4. The minimum absolute atomic E-state index is 0. The number of aliphatic carboxylic acids is 1. The predicted octanol–water partition coefficient (Wildman–Crippen LogP) is 1.88. The highest BCUT2D eigenvalue weighted by atomic mass is 31.2. The van der Waals surface area contributed by atoms with Crippen LogP contribution in [-0.4, -0.2) is 49.9 Å². The minimum Gasteiger partial charge on any atom is -0.475 e. The van der Waals surface area contributed by atoms with Crippen LogP contribution in [0.2, 0.25) is 0 Å². The molecule has 0 amide bonds. The van der Waals surface area contributed by atoms with Crippen molar-refractivity contribution in [2.75, 3.05) is 0 Å². The van der Waals surface area contributed by atoms with Crippen molar-refractivity contribution in [2.45, 2.75) is 114 Å². The summed E-state index contributed by atoms with van der Waals surface area (Å²) in [5.41, 5.74) is 16.9. The molecule has 3 rings (SSSR count). The Labute approximate surface area is 198 Å². The van der Waals surface area contributed by atoms with Crippen LogP contribution in [-0.2, 0) is 13.9 Å². The summed E-state index contributed by atoms with van der Waals surface area (Å²) >= 11 is 0. The van der Waals surface area contributed by atoms with Crippen molar-refractivity contribution in [3.05, 3.63) is 12.3 Å². The molecule has 3 aliphatic carbocycles. The van der Waals surface area contributed by atoms with Crippen molar-refractivity contribution in [3.8, 4) is 0 Å². The van der Waals surface area contributed by atoms with Crippen molar-refractivity contribution in [2.24, 2.45) is 17.2 Å². The molecule has 0 aromatic rings. The molecule has 0 spiro atoms. The maximum atomic E-state index is 9.89. The Hall–Kier alpha value is -1.04. The zero-order chi connectivity index (χ0) is 23.7. The Morgan fingerprint density at radius 2 is 0.939 bits per heavy atom. The molecule has 13 N–H and O–H groups in total. The van der Waals surface area contributed by atoms with E-state index in [2.05, 4.69) is 11.1 Å². The average molecular weight is 502 g/mol. The molecule has 3 saturated carbocycles. The molecule has 3 fully saturated rings. The van der Waals surface area contributed by atoms with E-state index in [-0.39, 0.29) is 11.0 Å². The van der Waals surface area contributed by atoms with Crippen molar-refractivity contribution in [1.82, 2.24) is 0 Å². The van der Waals surface area contributed by atoms with Crippen LogP contribution in [0.15, 0.2) is 12.3 Å². The van der Waals surface area contributed by atoms with Gasteiger partial charge in [0.15, 0.2) is 0 Å². The van der Waals surface area contributed by atoms with Gasteiger partial charge in [0, 0.05) is 18.1 Å². The van der Waals surface area contributed by atoms with Gasteiger partial charge in [0.1, 0.15) is 0 Å². The quantitative estimate of drug-likeness (QED) is 0.187. The summed E-state index contributed by atoms with van der Waals surface area (Å²) in [6.45, 7) is 2.73. The second kappa shape index (κ2) is 21.5. The van der Waals surface area contributed by atoms with E-state index in [1.54, 1.807) is 0 Å². The lowest BCUT2D eigenvalue weighted by molar-refractivity contribution is -0.135. The monoisotopic (exact) mass is 501 g/mol. The molecule has 11 nitrogen and oxygen atoms in total. The van der Waals surface area contributed by atoms with Gasteiger partial charge in [-0.2, -0.15) is 0 Å². The first-order valence-corrected chi connectivity index (χ1v) is 13.0. The molecular weight excluding hydrogens is 453 g/mol. The van der Waals surface area contributed by atoms with E-state index in [0.29, 0.717) is 18.1 Å². The van der Waals surface area contributed by atoms with E-state index in [1.165, 1.54) is 96.3 Å². The summed E-state index contributed by atoms with van der Waals surface area (Å²) in [6.07, 6.45) is 20.0. The normalized spacial score (nSPS) is 19.3. The summed E-state index contributed by atoms with van der Waals surface area (Å²) in [4.78, 5) is 25.8. The minimum atomic E-state index is -4.76. The van der Waals surface area contributed by atoms with Gasteiger partial charge in [-0.05, 0) is 45.1 Å². The zero-order valence-electron chi connectivity index (χ0n) is 19.8. The van der Waals surface area contributed by atoms with Crippen LogP contribution in [0.4, 0.5) is 0 Å². The summed E-state index contributed by atoms with van der Waals surface area (Å²) < 4.78 is 13.5. The molecule has 0 aliphatic heterocycles.